The van der Waals surface area contributed by atoms with Gasteiger partial charge in [-0.15, -0.1) is 0 Å². The fraction of sp³-hybridized carbons (Fsp3) is 0.326. The van der Waals surface area contributed by atoms with Gasteiger partial charge in [-0.05, 0) is 119 Å². The first-order chi connectivity index (χ1) is 26.7. The van der Waals surface area contributed by atoms with Crippen LogP contribution in [0.1, 0.15) is 57.6 Å². The summed E-state index contributed by atoms with van der Waals surface area (Å²) in [6, 6.07) is 37.3. The van der Waals surface area contributed by atoms with E-state index in [4.69, 9.17) is 4.74 Å². The third-order valence-corrected chi connectivity index (χ3v) is 9.72. The number of benzene rings is 6. The first-order valence-electron chi connectivity index (χ1n) is 19.4. The molecule has 0 aromatic heterocycles. The lowest BCUT2D eigenvalue weighted by atomic mass is 9.97. The van der Waals surface area contributed by atoms with Crippen LogP contribution in [0, 0.1) is 0 Å². The zero-order valence-electron chi connectivity index (χ0n) is 32.2. The molecule has 0 aliphatic rings. The van der Waals surface area contributed by atoms with Crippen LogP contribution in [-0.2, 0) is 27.4 Å². The lowest BCUT2D eigenvalue weighted by molar-refractivity contribution is -0.124. The van der Waals surface area contributed by atoms with E-state index < -0.39 is 17.7 Å². The highest BCUT2D eigenvalue weighted by molar-refractivity contribution is 6.03. The predicted molar refractivity (Wildman–Crippen MR) is 224 cm³/mol. The molecule has 0 unspecified atom stereocenters. The van der Waals surface area contributed by atoms with Crippen molar-refractivity contribution in [1.29, 1.82) is 0 Å². The summed E-state index contributed by atoms with van der Waals surface area (Å²) in [5.74, 6) is -0.516. The van der Waals surface area contributed by atoms with E-state index in [0.29, 0.717) is 32.6 Å². The van der Waals surface area contributed by atoms with E-state index in [2.05, 4.69) is 136 Å². The molecular formula is C46H53N5O4. The van der Waals surface area contributed by atoms with Crippen molar-refractivity contribution in [2.45, 2.75) is 71.2 Å². The highest BCUT2D eigenvalue weighted by Crippen LogP contribution is 2.29. The van der Waals surface area contributed by atoms with Gasteiger partial charge in [0.25, 0.3) is 0 Å². The van der Waals surface area contributed by atoms with Crippen LogP contribution in [-0.4, -0.2) is 55.7 Å². The van der Waals surface area contributed by atoms with E-state index in [0.717, 1.165) is 19.5 Å². The van der Waals surface area contributed by atoms with Gasteiger partial charge >= 0.3 is 6.09 Å². The summed E-state index contributed by atoms with van der Waals surface area (Å²) in [6.07, 6.45) is 0.986. The number of nitrogens with one attached hydrogen (secondary N) is 5. The first-order valence-corrected chi connectivity index (χ1v) is 19.4. The Morgan fingerprint density at radius 3 is 1.44 bits per heavy atom. The number of hydrogen-bond acceptors (Lipinski definition) is 6. The van der Waals surface area contributed by atoms with Crippen molar-refractivity contribution >= 4 is 61.0 Å². The maximum absolute atomic E-state index is 13.3. The molecule has 6 aromatic rings. The fourth-order valence-corrected chi connectivity index (χ4v) is 7.10. The van der Waals surface area contributed by atoms with Gasteiger partial charge in [-0.3, -0.25) is 9.59 Å². The minimum atomic E-state index is -0.909. The quantitative estimate of drug-likeness (QED) is 0.0480. The zero-order chi connectivity index (χ0) is 38.6. The largest absolute Gasteiger partial charge is 0.444 e. The maximum Gasteiger partial charge on any atom is 0.408 e. The van der Waals surface area contributed by atoms with Crippen molar-refractivity contribution in [2.24, 2.45) is 0 Å². The Morgan fingerprint density at radius 2 is 1.00 bits per heavy atom. The molecule has 0 bridgehead atoms. The third-order valence-electron chi connectivity index (χ3n) is 9.72. The van der Waals surface area contributed by atoms with Gasteiger partial charge in [0.05, 0.1) is 0 Å². The van der Waals surface area contributed by atoms with E-state index in [-0.39, 0.29) is 24.7 Å². The Kier molecular flexibility index (Phi) is 13.3. The van der Waals surface area contributed by atoms with Gasteiger partial charge in [0.2, 0.25) is 11.8 Å². The van der Waals surface area contributed by atoms with E-state index in [1.807, 2.05) is 0 Å². The van der Waals surface area contributed by atoms with E-state index in [1.54, 1.807) is 20.8 Å². The molecule has 0 radical (unpaired) electrons. The number of fused-ring (bicyclic) bond motifs is 4. The molecule has 55 heavy (non-hydrogen) atoms. The molecule has 9 nitrogen and oxygen atoms in total. The highest BCUT2D eigenvalue weighted by Gasteiger charge is 2.25. The van der Waals surface area contributed by atoms with Gasteiger partial charge in [0, 0.05) is 32.6 Å². The number of ether oxygens (including phenoxy) is 1. The van der Waals surface area contributed by atoms with Gasteiger partial charge in [-0.25, -0.2) is 4.79 Å². The molecule has 0 saturated carbocycles. The van der Waals surface area contributed by atoms with E-state index in [1.165, 1.54) is 54.2 Å². The van der Waals surface area contributed by atoms with Crippen molar-refractivity contribution in [1.82, 2.24) is 26.6 Å². The summed E-state index contributed by atoms with van der Waals surface area (Å²) in [4.78, 5) is 38.7. The van der Waals surface area contributed by atoms with Crippen LogP contribution in [0.5, 0.6) is 0 Å². The molecule has 0 aliphatic heterocycles. The lowest BCUT2D eigenvalue weighted by Crippen LogP contribution is -2.49. The number of carbonyl (C=O) groups is 3. The molecule has 9 heteroatoms. The van der Waals surface area contributed by atoms with Crippen molar-refractivity contribution in [2.75, 3.05) is 26.2 Å². The van der Waals surface area contributed by atoms with Crippen molar-refractivity contribution in [3.8, 4) is 0 Å². The Balaban J connectivity index is 0.938. The molecular weight excluding hydrogens is 687 g/mol. The van der Waals surface area contributed by atoms with Gasteiger partial charge in [-0.2, -0.15) is 0 Å². The number of rotatable bonds is 17. The summed E-state index contributed by atoms with van der Waals surface area (Å²) in [6.45, 7) is 9.06. The molecule has 0 saturated heterocycles. The fourth-order valence-electron chi connectivity index (χ4n) is 7.10. The highest BCUT2D eigenvalue weighted by atomic mass is 16.6. The second-order valence-corrected chi connectivity index (χ2v) is 15.0. The number of carbonyl (C=O) groups excluding carboxylic acids is 3. The lowest BCUT2D eigenvalue weighted by Gasteiger charge is -2.23. The summed E-state index contributed by atoms with van der Waals surface area (Å²) < 4.78 is 5.42. The Morgan fingerprint density at radius 1 is 0.582 bits per heavy atom. The van der Waals surface area contributed by atoms with Gasteiger partial charge in [0.15, 0.2) is 0 Å². The Hall–Kier alpha value is -5.51. The normalized spacial score (nSPS) is 12.2. The van der Waals surface area contributed by atoms with Crippen LogP contribution in [0.2, 0.25) is 0 Å². The van der Waals surface area contributed by atoms with Crippen molar-refractivity contribution in [3.05, 3.63) is 120 Å². The molecule has 0 heterocycles. The second kappa shape index (κ2) is 18.7. The number of alkyl carbamates (subject to hydrolysis) is 1. The topological polar surface area (TPSA) is 121 Å². The molecule has 0 aliphatic carbocycles. The number of hydrogen-bond donors (Lipinski definition) is 5. The summed E-state index contributed by atoms with van der Waals surface area (Å²) in [7, 11) is 0. The average Bonchev–Trinajstić information content (AvgIpc) is 3.17. The van der Waals surface area contributed by atoms with Gasteiger partial charge in [-0.1, -0.05) is 97.1 Å². The van der Waals surface area contributed by atoms with Crippen LogP contribution < -0.4 is 26.6 Å². The molecule has 6 aromatic carbocycles. The van der Waals surface area contributed by atoms with Crippen LogP contribution in [0.25, 0.3) is 43.1 Å². The average molecular weight is 740 g/mol. The van der Waals surface area contributed by atoms with E-state index in [9.17, 15) is 14.4 Å². The van der Waals surface area contributed by atoms with E-state index >= 15 is 0 Å². The second-order valence-electron chi connectivity index (χ2n) is 15.0. The smallest absolute Gasteiger partial charge is 0.408 e. The van der Waals surface area contributed by atoms with Crippen LogP contribution in [0.4, 0.5) is 4.79 Å². The van der Waals surface area contributed by atoms with Crippen LogP contribution in [0.3, 0.4) is 0 Å². The van der Waals surface area contributed by atoms with Crippen molar-refractivity contribution in [3.63, 3.8) is 0 Å². The summed E-state index contributed by atoms with van der Waals surface area (Å²) in [5, 5.41) is 25.5. The molecule has 3 amide bonds. The summed E-state index contributed by atoms with van der Waals surface area (Å²) >= 11 is 0. The molecule has 0 fully saturated rings. The standard InChI is InChI=1S/C46H53N5O4/c1-46(2,3)55-45(54)51-42(44(53)50-27-13-25-48-31-41-38-20-10-6-16-34(38)29-35-17-7-11-21-39(35)41)22-23-43(52)49-26-12-24-47-30-40-36-18-8-4-14-32(36)28-33-15-5-9-19-37(33)40/h4-11,14-21,28-29,42,47-48H,12-13,22-27,30-31H2,1-3H3,(H,49,52)(H,50,53)(H,51,54)/t42-/m0/s1. The van der Waals surface area contributed by atoms with Crippen molar-refractivity contribution < 1.29 is 19.1 Å². The monoisotopic (exact) mass is 739 g/mol. The van der Waals surface area contributed by atoms with Gasteiger partial charge in [0.1, 0.15) is 11.6 Å². The minimum absolute atomic E-state index is 0.0872. The Labute approximate surface area is 323 Å². The molecule has 5 N–H and O–H groups in total. The number of amides is 3. The SMILES string of the molecule is CC(C)(C)OC(=O)N[C@@H](CCC(=O)NCCCNCc1c2ccccc2cc2ccccc12)C(=O)NCCCNCc1c2ccccc2cc2ccccc12. The third kappa shape index (κ3) is 10.8. The molecule has 0 spiro atoms. The maximum atomic E-state index is 13.3. The molecule has 286 valence electrons. The van der Waals surface area contributed by atoms with Gasteiger partial charge < -0.3 is 31.3 Å². The molecule has 6 rings (SSSR count). The molecule has 1 atom stereocenters. The zero-order valence-corrected chi connectivity index (χ0v) is 32.2. The Bertz CT molecular complexity index is 2160. The minimum Gasteiger partial charge on any atom is -0.444 e. The summed E-state index contributed by atoms with van der Waals surface area (Å²) in [5.41, 5.74) is 1.80. The van der Waals surface area contributed by atoms with Crippen LogP contribution in [0.15, 0.2) is 109 Å². The first kappa shape index (κ1) is 39.2. The van der Waals surface area contributed by atoms with Crippen LogP contribution >= 0.6 is 0 Å². The predicted octanol–water partition coefficient (Wildman–Crippen LogP) is 7.86.